The first-order chi connectivity index (χ1) is 9.63. The van der Waals surface area contributed by atoms with Crippen LogP contribution in [-0.4, -0.2) is 14.0 Å². The van der Waals surface area contributed by atoms with Crippen molar-refractivity contribution < 1.29 is 0 Å². The van der Waals surface area contributed by atoms with E-state index in [4.69, 9.17) is 11.6 Å². The van der Waals surface area contributed by atoms with Gasteiger partial charge in [-0.2, -0.15) is 0 Å². The van der Waals surface area contributed by atoms with Gasteiger partial charge in [-0.1, -0.05) is 18.2 Å². The highest BCUT2D eigenvalue weighted by Gasteiger charge is 2.14. The van der Waals surface area contributed by atoms with Crippen molar-refractivity contribution in [3.63, 3.8) is 0 Å². The summed E-state index contributed by atoms with van der Waals surface area (Å²) < 4.78 is 3.19. The van der Waals surface area contributed by atoms with Gasteiger partial charge in [-0.3, -0.25) is 0 Å². The molecule has 20 heavy (non-hydrogen) atoms. The summed E-state index contributed by atoms with van der Waals surface area (Å²) in [5, 5.41) is 0. The fourth-order valence-corrected chi connectivity index (χ4v) is 2.58. The summed E-state index contributed by atoms with van der Waals surface area (Å²) in [6, 6.07) is 11.4. The topological polar surface area (TPSA) is 39.3 Å². The Hall–Kier alpha value is -2.07. The fraction of sp³-hybridized carbons (Fsp3) is 0.200. The molecule has 0 N–H and O–H groups in total. The van der Waals surface area contributed by atoms with Crippen LogP contribution in [0.25, 0.3) is 11.3 Å². The van der Waals surface area contributed by atoms with Crippen LogP contribution in [0.4, 0.5) is 0 Å². The van der Waals surface area contributed by atoms with Crippen molar-refractivity contribution in [3.8, 4) is 5.69 Å². The highest BCUT2D eigenvalue weighted by atomic mass is 35.5. The number of benzene rings is 1. The monoisotopic (exact) mass is 287 g/mol. The molecule has 0 amide bonds. The number of hydrogen-bond donors (Lipinski definition) is 0. The Morgan fingerprint density at radius 1 is 1.15 bits per heavy atom. The van der Waals surface area contributed by atoms with Crippen LogP contribution < -0.4 is 5.69 Å². The largest absolute Gasteiger partial charge is 0.340 e. The predicted molar refractivity (Wildman–Crippen MR) is 79.8 cm³/mol. The lowest BCUT2D eigenvalue weighted by Crippen LogP contribution is -2.30. The first-order valence-electron chi connectivity index (χ1n) is 6.35. The molecule has 0 unspecified atom stereocenters. The molecule has 102 valence electrons. The van der Waals surface area contributed by atoms with Gasteiger partial charge in [-0.05, 0) is 37.6 Å². The minimum atomic E-state index is -0.137. The van der Waals surface area contributed by atoms with Gasteiger partial charge in [0.05, 0.1) is 11.6 Å². The Kier molecular flexibility index (Phi) is 3.10. The smallest absolute Gasteiger partial charge is 0.250 e. The molecule has 0 saturated heterocycles. The van der Waals surface area contributed by atoms with Crippen LogP contribution in [0.2, 0.25) is 0 Å². The normalized spacial score (nSPS) is 11.2. The van der Waals surface area contributed by atoms with Gasteiger partial charge in [-0.15, -0.1) is 11.6 Å². The molecule has 0 bridgehead atoms. The van der Waals surface area contributed by atoms with E-state index in [1.807, 2.05) is 50.2 Å². The molecule has 0 aliphatic rings. The Morgan fingerprint density at radius 3 is 2.60 bits per heavy atom. The third kappa shape index (κ3) is 1.84. The van der Waals surface area contributed by atoms with Crippen LogP contribution in [0.5, 0.6) is 0 Å². The van der Waals surface area contributed by atoms with Crippen LogP contribution in [-0.2, 0) is 5.88 Å². The van der Waals surface area contributed by atoms with Crippen molar-refractivity contribution in [2.75, 3.05) is 0 Å². The van der Waals surface area contributed by atoms with Gasteiger partial charge < -0.3 is 0 Å². The zero-order valence-electron chi connectivity index (χ0n) is 11.3. The number of hydrogen-bond acceptors (Lipinski definition) is 2. The molecule has 3 rings (SSSR count). The van der Waals surface area contributed by atoms with Gasteiger partial charge in [0.1, 0.15) is 11.5 Å². The van der Waals surface area contributed by atoms with Crippen molar-refractivity contribution in [2.45, 2.75) is 19.7 Å². The number of para-hydroxylation sites is 1. The number of rotatable bonds is 2. The molecular formula is C15H14ClN3O. The third-order valence-electron chi connectivity index (χ3n) is 3.42. The summed E-state index contributed by atoms with van der Waals surface area (Å²) in [6.45, 7) is 3.85. The van der Waals surface area contributed by atoms with Crippen molar-refractivity contribution in [3.05, 3.63) is 64.0 Å². The van der Waals surface area contributed by atoms with Crippen molar-refractivity contribution >= 4 is 17.2 Å². The standard InChI is InChI=1S/C15H14ClN3O/c1-10-5-3-4-6-12(10)19-14(9-16)17-13-8-7-11(2)18(13)15(19)20/h3-8H,9H2,1-2H3. The van der Waals surface area contributed by atoms with Gasteiger partial charge in [0.15, 0.2) is 0 Å². The highest BCUT2D eigenvalue weighted by Crippen LogP contribution is 2.15. The second-order valence-electron chi connectivity index (χ2n) is 4.73. The second kappa shape index (κ2) is 4.80. The van der Waals surface area contributed by atoms with E-state index in [9.17, 15) is 4.79 Å². The number of alkyl halides is 1. The molecule has 0 radical (unpaired) electrons. The maximum atomic E-state index is 12.8. The van der Waals surface area contributed by atoms with Crippen LogP contribution >= 0.6 is 11.6 Å². The Labute approximate surface area is 121 Å². The summed E-state index contributed by atoms with van der Waals surface area (Å²) in [7, 11) is 0. The molecular weight excluding hydrogens is 274 g/mol. The number of fused-ring (bicyclic) bond motifs is 1. The number of nitrogens with zero attached hydrogens (tertiary/aromatic N) is 3. The zero-order chi connectivity index (χ0) is 14.3. The third-order valence-corrected chi connectivity index (χ3v) is 3.65. The van der Waals surface area contributed by atoms with E-state index in [0.717, 1.165) is 16.9 Å². The molecule has 0 atom stereocenters. The Balaban J connectivity index is 2.46. The fourth-order valence-electron chi connectivity index (χ4n) is 2.40. The van der Waals surface area contributed by atoms with E-state index in [0.29, 0.717) is 11.5 Å². The quantitative estimate of drug-likeness (QED) is 0.680. The molecule has 0 aliphatic carbocycles. The van der Waals surface area contributed by atoms with E-state index in [-0.39, 0.29) is 11.6 Å². The molecule has 1 aromatic carbocycles. The molecule has 0 spiro atoms. The SMILES string of the molecule is Cc1ccccc1-n1c(CCl)nc2ccc(C)n2c1=O. The van der Waals surface area contributed by atoms with Crippen molar-refractivity contribution in [1.82, 2.24) is 14.0 Å². The lowest BCUT2D eigenvalue weighted by atomic mass is 10.2. The average Bonchev–Trinajstić information content (AvgIpc) is 2.81. The first kappa shape index (κ1) is 12.9. The Morgan fingerprint density at radius 2 is 1.90 bits per heavy atom. The van der Waals surface area contributed by atoms with Crippen molar-refractivity contribution in [1.29, 1.82) is 0 Å². The molecule has 3 aromatic rings. The van der Waals surface area contributed by atoms with Crippen LogP contribution in [0, 0.1) is 13.8 Å². The minimum Gasteiger partial charge on any atom is -0.250 e. The van der Waals surface area contributed by atoms with E-state index < -0.39 is 0 Å². The van der Waals surface area contributed by atoms with E-state index in [1.165, 1.54) is 0 Å². The highest BCUT2D eigenvalue weighted by molar-refractivity contribution is 6.16. The van der Waals surface area contributed by atoms with Gasteiger partial charge in [0, 0.05) is 5.69 Å². The van der Waals surface area contributed by atoms with Gasteiger partial charge in [-0.25, -0.2) is 18.7 Å². The molecule has 0 aliphatic heterocycles. The lowest BCUT2D eigenvalue weighted by molar-refractivity contribution is 0.778. The first-order valence-corrected chi connectivity index (χ1v) is 6.89. The number of halogens is 1. The van der Waals surface area contributed by atoms with Gasteiger partial charge >= 0.3 is 5.69 Å². The van der Waals surface area contributed by atoms with Gasteiger partial charge in [0.25, 0.3) is 0 Å². The number of aryl methyl sites for hydroxylation is 2. The van der Waals surface area contributed by atoms with Crippen LogP contribution in [0.3, 0.4) is 0 Å². The summed E-state index contributed by atoms with van der Waals surface area (Å²) in [4.78, 5) is 17.3. The molecule has 5 heteroatoms. The number of aromatic nitrogens is 3. The summed E-state index contributed by atoms with van der Waals surface area (Å²) in [5.41, 5.74) is 3.18. The Bertz CT molecular complexity index is 848. The summed E-state index contributed by atoms with van der Waals surface area (Å²) >= 11 is 5.98. The molecule has 4 nitrogen and oxygen atoms in total. The van der Waals surface area contributed by atoms with Crippen LogP contribution in [0.1, 0.15) is 17.1 Å². The van der Waals surface area contributed by atoms with Crippen LogP contribution in [0.15, 0.2) is 41.2 Å². The van der Waals surface area contributed by atoms with Gasteiger partial charge in [0.2, 0.25) is 0 Å². The maximum Gasteiger partial charge on any atom is 0.340 e. The average molecular weight is 288 g/mol. The molecule has 2 heterocycles. The molecule has 0 fully saturated rings. The summed E-state index contributed by atoms with van der Waals surface area (Å²) in [6.07, 6.45) is 0. The maximum absolute atomic E-state index is 12.8. The lowest BCUT2D eigenvalue weighted by Gasteiger charge is -2.13. The second-order valence-corrected chi connectivity index (χ2v) is 5.00. The van der Waals surface area contributed by atoms with Crippen molar-refractivity contribution in [2.24, 2.45) is 0 Å². The minimum absolute atomic E-state index is 0.137. The predicted octanol–water partition coefficient (Wildman–Crippen LogP) is 2.84. The summed E-state index contributed by atoms with van der Waals surface area (Å²) in [5.74, 6) is 0.737. The van der Waals surface area contributed by atoms with E-state index in [1.54, 1.807) is 8.97 Å². The van der Waals surface area contributed by atoms with E-state index >= 15 is 0 Å². The molecule has 2 aromatic heterocycles. The molecule has 0 saturated carbocycles. The van der Waals surface area contributed by atoms with E-state index in [2.05, 4.69) is 4.98 Å². The zero-order valence-corrected chi connectivity index (χ0v) is 12.1.